The van der Waals surface area contributed by atoms with Crippen LogP contribution in [0.4, 0.5) is 4.39 Å². The summed E-state index contributed by atoms with van der Waals surface area (Å²) in [5, 5.41) is 4.58. The van der Waals surface area contributed by atoms with Crippen LogP contribution in [-0.2, 0) is 19.1 Å². The maximum absolute atomic E-state index is 14.6. The molecule has 0 aliphatic carbocycles. The molecule has 0 saturated carbocycles. The highest BCUT2D eigenvalue weighted by atomic mass is 19.1. The molecule has 152 valence electrons. The predicted octanol–water partition coefficient (Wildman–Crippen LogP) is 1.47. The molecule has 1 aromatic carbocycles. The number of ether oxygens (including phenoxy) is 2. The molecule has 1 aromatic rings. The van der Waals surface area contributed by atoms with Crippen molar-refractivity contribution < 1.29 is 33.0 Å². The SMILES string of the molecule is CC(C)(C)OC(=O)COc1cccc(C(=O)NC2CCCC(=O)NC2=O)c1F. The Bertz CT molecular complexity index is 787. The highest BCUT2D eigenvalue weighted by Crippen LogP contribution is 2.21. The number of halogens is 1. The molecule has 2 N–H and O–H groups in total. The average Bonchev–Trinajstić information content (AvgIpc) is 2.73. The molecule has 8 nitrogen and oxygen atoms in total. The Hall–Kier alpha value is -2.97. The van der Waals surface area contributed by atoms with E-state index >= 15 is 0 Å². The third-order valence-corrected chi connectivity index (χ3v) is 3.75. The van der Waals surface area contributed by atoms with Gasteiger partial charge in [-0.2, -0.15) is 0 Å². The second-order valence-corrected chi connectivity index (χ2v) is 7.32. The van der Waals surface area contributed by atoms with E-state index in [2.05, 4.69) is 10.6 Å². The lowest BCUT2D eigenvalue weighted by atomic mass is 10.1. The Balaban J connectivity index is 2.05. The highest BCUT2D eigenvalue weighted by Gasteiger charge is 2.27. The van der Waals surface area contributed by atoms with Crippen LogP contribution in [0.5, 0.6) is 5.75 Å². The van der Waals surface area contributed by atoms with Crippen LogP contribution >= 0.6 is 0 Å². The minimum Gasteiger partial charge on any atom is -0.479 e. The van der Waals surface area contributed by atoms with Crippen molar-refractivity contribution in [3.8, 4) is 5.75 Å². The van der Waals surface area contributed by atoms with E-state index < -0.39 is 47.8 Å². The lowest BCUT2D eigenvalue weighted by Gasteiger charge is -2.19. The van der Waals surface area contributed by atoms with Crippen molar-refractivity contribution in [2.45, 2.75) is 51.7 Å². The fourth-order valence-corrected chi connectivity index (χ4v) is 2.56. The van der Waals surface area contributed by atoms with E-state index in [9.17, 15) is 23.6 Å². The van der Waals surface area contributed by atoms with Crippen LogP contribution in [0.3, 0.4) is 0 Å². The van der Waals surface area contributed by atoms with E-state index in [1.165, 1.54) is 18.2 Å². The summed E-state index contributed by atoms with van der Waals surface area (Å²) in [7, 11) is 0. The standard InChI is InChI=1S/C19H23FN2O6/c1-19(2,3)28-15(24)10-27-13-8-4-6-11(16(13)20)17(25)21-12-7-5-9-14(23)22-18(12)26/h4,6,8,12H,5,7,9-10H2,1-3H3,(H,21,25)(H,22,23,26). The molecule has 1 heterocycles. The Morgan fingerprint density at radius 2 is 2.00 bits per heavy atom. The molecule has 2 rings (SSSR count). The predicted molar refractivity (Wildman–Crippen MR) is 96.0 cm³/mol. The fraction of sp³-hybridized carbons (Fsp3) is 0.474. The smallest absolute Gasteiger partial charge is 0.344 e. The van der Waals surface area contributed by atoms with Gasteiger partial charge in [0.1, 0.15) is 11.6 Å². The summed E-state index contributed by atoms with van der Waals surface area (Å²) in [6, 6.07) is 2.95. The van der Waals surface area contributed by atoms with Gasteiger partial charge in [-0.3, -0.25) is 19.7 Å². The van der Waals surface area contributed by atoms with Crippen molar-refractivity contribution in [3.05, 3.63) is 29.6 Å². The number of nitrogens with one attached hydrogen (secondary N) is 2. The summed E-state index contributed by atoms with van der Waals surface area (Å²) in [5.74, 6) is -3.80. The molecule has 0 aromatic heterocycles. The Kier molecular flexibility index (Phi) is 6.71. The van der Waals surface area contributed by atoms with Gasteiger partial charge in [-0.1, -0.05) is 6.07 Å². The summed E-state index contributed by atoms with van der Waals surface area (Å²) in [5.41, 5.74) is -1.05. The molecule has 3 amide bonds. The van der Waals surface area contributed by atoms with Gasteiger partial charge in [-0.25, -0.2) is 9.18 Å². The first-order valence-electron chi connectivity index (χ1n) is 8.84. The minimum absolute atomic E-state index is 0.181. The zero-order valence-electron chi connectivity index (χ0n) is 16.0. The third-order valence-electron chi connectivity index (χ3n) is 3.75. The molecule has 0 radical (unpaired) electrons. The Labute approximate surface area is 161 Å². The molecule has 0 bridgehead atoms. The summed E-state index contributed by atoms with van der Waals surface area (Å²) < 4.78 is 24.8. The second-order valence-electron chi connectivity index (χ2n) is 7.32. The zero-order valence-corrected chi connectivity index (χ0v) is 16.0. The number of hydrogen-bond acceptors (Lipinski definition) is 6. The Morgan fingerprint density at radius 3 is 2.68 bits per heavy atom. The number of amides is 3. The van der Waals surface area contributed by atoms with Gasteiger partial charge in [0.25, 0.3) is 5.91 Å². The summed E-state index contributed by atoms with van der Waals surface area (Å²) in [6.45, 7) is 4.54. The first-order chi connectivity index (χ1) is 13.1. The monoisotopic (exact) mass is 394 g/mol. The van der Waals surface area contributed by atoms with Gasteiger partial charge in [-0.05, 0) is 45.7 Å². The van der Waals surface area contributed by atoms with Crippen LogP contribution in [0.25, 0.3) is 0 Å². The quantitative estimate of drug-likeness (QED) is 0.578. The summed E-state index contributed by atoms with van der Waals surface area (Å²) >= 11 is 0. The average molecular weight is 394 g/mol. The minimum atomic E-state index is -0.964. The number of carbonyl (C=O) groups excluding carboxylic acids is 4. The number of rotatable bonds is 5. The molecule has 0 spiro atoms. The third kappa shape index (κ3) is 6.04. The molecule has 1 saturated heterocycles. The van der Waals surface area contributed by atoms with Crippen LogP contribution in [0, 0.1) is 5.82 Å². The van der Waals surface area contributed by atoms with Crippen molar-refractivity contribution >= 4 is 23.7 Å². The number of hydrogen-bond donors (Lipinski definition) is 2. The second kappa shape index (κ2) is 8.81. The van der Waals surface area contributed by atoms with Crippen LogP contribution in [0.2, 0.25) is 0 Å². The van der Waals surface area contributed by atoms with E-state index in [-0.39, 0.29) is 24.2 Å². The normalized spacial score (nSPS) is 17.4. The van der Waals surface area contributed by atoms with Gasteiger partial charge in [0.05, 0.1) is 5.56 Å². The molecule has 1 aliphatic rings. The van der Waals surface area contributed by atoms with E-state index in [4.69, 9.17) is 9.47 Å². The fourth-order valence-electron chi connectivity index (χ4n) is 2.56. The maximum Gasteiger partial charge on any atom is 0.344 e. The van der Waals surface area contributed by atoms with Gasteiger partial charge in [-0.15, -0.1) is 0 Å². The number of esters is 1. The summed E-state index contributed by atoms with van der Waals surface area (Å²) in [6.07, 6.45) is 0.865. The first kappa shape index (κ1) is 21.3. The van der Waals surface area contributed by atoms with E-state index in [0.29, 0.717) is 6.42 Å². The summed E-state index contributed by atoms with van der Waals surface area (Å²) in [4.78, 5) is 47.4. The van der Waals surface area contributed by atoms with E-state index in [1.807, 2.05) is 0 Å². The van der Waals surface area contributed by atoms with E-state index in [1.54, 1.807) is 20.8 Å². The largest absolute Gasteiger partial charge is 0.479 e. The topological polar surface area (TPSA) is 111 Å². The lowest BCUT2D eigenvalue weighted by molar-refractivity contribution is -0.157. The number of benzene rings is 1. The molecule has 28 heavy (non-hydrogen) atoms. The molecular formula is C19H23FN2O6. The molecule has 1 fully saturated rings. The van der Waals surface area contributed by atoms with Crippen LogP contribution in [0.15, 0.2) is 18.2 Å². The molecule has 1 atom stereocenters. The van der Waals surface area contributed by atoms with Gasteiger partial charge in [0.15, 0.2) is 18.2 Å². The highest BCUT2D eigenvalue weighted by molar-refractivity contribution is 6.02. The van der Waals surface area contributed by atoms with Gasteiger partial charge >= 0.3 is 5.97 Å². The number of carbonyl (C=O) groups is 4. The molecule has 1 unspecified atom stereocenters. The zero-order chi connectivity index (χ0) is 20.9. The van der Waals surface area contributed by atoms with Crippen molar-refractivity contribution in [2.75, 3.05) is 6.61 Å². The van der Waals surface area contributed by atoms with Crippen LogP contribution < -0.4 is 15.4 Å². The molecule has 9 heteroatoms. The van der Waals surface area contributed by atoms with Crippen molar-refractivity contribution in [1.82, 2.24) is 10.6 Å². The number of imide groups is 1. The van der Waals surface area contributed by atoms with Crippen molar-refractivity contribution in [3.63, 3.8) is 0 Å². The van der Waals surface area contributed by atoms with Gasteiger partial charge in [0.2, 0.25) is 11.8 Å². The van der Waals surface area contributed by atoms with Gasteiger partial charge < -0.3 is 14.8 Å². The van der Waals surface area contributed by atoms with E-state index in [0.717, 1.165) is 0 Å². The first-order valence-corrected chi connectivity index (χ1v) is 8.84. The molecule has 1 aliphatic heterocycles. The molecular weight excluding hydrogens is 371 g/mol. The lowest BCUT2D eigenvalue weighted by Crippen LogP contribution is -2.46. The van der Waals surface area contributed by atoms with Gasteiger partial charge in [0, 0.05) is 6.42 Å². The Morgan fingerprint density at radius 1 is 1.29 bits per heavy atom. The van der Waals surface area contributed by atoms with Crippen LogP contribution in [-0.4, -0.2) is 41.9 Å². The van der Waals surface area contributed by atoms with Crippen molar-refractivity contribution in [2.24, 2.45) is 0 Å². The van der Waals surface area contributed by atoms with Crippen LogP contribution in [0.1, 0.15) is 50.4 Å². The maximum atomic E-state index is 14.6. The van der Waals surface area contributed by atoms with Crippen molar-refractivity contribution in [1.29, 1.82) is 0 Å².